The van der Waals surface area contributed by atoms with Crippen molar-refractivity contribution >= 4 is 5.69 Å². The molecule has 0 radical (unpaired) electrons. The number of aromatic nitrogens is 1. The van der Waals surface area contributed by atoms with Crippen molar-refractivity contribution in [3.05, 3.63) is 83.7 Å². The average molecular weight is 374 g/mol. The summed E-state index contributed by atoms with van der Waals surface area (Å²) in [6, 6.07) is 18.6. The normalized spacial score (nSPS) is 14.9. The van der Waals surface area contributed by atoms with Crippen molar-refractivity contribution in [3.8, 4) is 11.5 Å². The molecule has 1 heterocycles. The van der Waals surface area contributed by atoms with Crippen LogP contribution in [0.25, 0.3) is 0 Å². The van der Waals surface area contributed by atoms with Gasteiger partial charge in [-0.25, -0.2) is 0 Å². The third kappa shape index (κ3) is 4.11. The first-order valence-electron chi connectivity index (χ1n) is 9.82. The van der Waals surface area contributed by atoms with E-state index in [-0.39, 0.29) is 5.92 Å². The van der Waals surface area contributed by atoms with Crippen LogP contribution in [0.3, 0.4) is 0 Å². The molecule has 3 aromatic rings. The minimum absolute atomic E-state index is 0.192. The second-order valence-electron chi connectivity index (χ2n) is 7.36. The SMILES string of the molecule is COc1ccc([C@H](Cc2ccncc2)c2ccc(N)cc2)cc1OC1CCC1. The minimum atomic E-state index is 0.192. The molecule has 4 rings (SSSR count). The molecule has 0 aliphatic heterocycles. The zero-order chi connectivity index (χ0) is 19.3. The van der Waals surface area contributed by atoms with Crippen LogP contribution in [0.5, 0.6) is 11.5 Å². The fourth-order valence-electron chi connectivity index (χ4n) is 3.58. The van der Waals surface area contributed by atoms with Gasteiger partial charge in [-0.1, -0.05) is 18.2 Å². The van der Waals surface area contributed by atoms with E-state index >= 15 is 0 Å². The first-order valence-corrected chi connectivity index (χ1v) is 9.82. The van der Waals surface area contributed by atoms with Gasteiger partial charge in [-0.05, 0) is 78.8 Å². The number of nitrogen functional groups attached to an aromatic ring is 1. The number of nitrogens with two attached hydrogens (primary N) is 1. The smallest absolute Gasteiger partial charge is 0.161 e. The third-order valence-electron chi connectivity index (χ3n) is 5.46. The highest BCUT2D eigenvalue weighted by Gasteiger charge is 2.23. The summed E-state index contributed by atoms with van der Waals surface area (Å²) in [6.07, 6.45) is 8.34. The van der Waals surface area contributed by atoms with Crippen LogP contribution in [0.2, 0.25) is 0 Å². The summed E-state index contributed by atoms with van der Waals surface area (Å²) in [5.74, 6) is 1.81. The molecule has 1 aliphatic carbocycles. The number of benzene rings is 2. The van der Waals surface area contributed by atoms with Crippen molar-refractivity contribution in [2.24, 2.45) is 0 Å². The highest BCUT2D eigenvalue weighted by atomic mass is 16.5. The number of ether oxygens (including phenoxy) is 2. The van der Waals surface area contributed by atoms with Gasteiger partial charge in [-0.15, -0.1) is 0 Å². The highest BCUT2D eigenvalue weighted by molar-refractivity contribution is 5.48. The predicted molar refractivity (Wildman–Crippen MR) is 112 cm³/mol. The molecule has 1 aliphatic rings. The number of pyridine rings is 1. The van der Waals surface area contributed by atoms with Gasteiger partial charge in [0.15, 0.2) is 11.5 Å². The quantitative estimate of drug-likeness (QED) is 0.593. The van der Waals surface area contributed by atoms with Gasteiger partial charge in [0.1, 0.15) is 0 Å². The van der Waals surface area contributed by atoms with Crippen LogP contribution >= 0.6 is 0 Å². The molecular formula is C24H26N2O2. The van der Waals surface area contributed by atoms with Gasteiger partial charge < -0.3 is 15.2 Å². The van der Waals surface area contributed by atoms with Gasteiger partial charge in [-0.3, -0.25) is 4.98 Å². The Morgan fingerprint density at radius 1 is 0.964 bits per heavy atom. The van der Waals surface area contributed by atoms with E-state index in [0.29, 0.717) is 6.10 Å². The number of hydrogen-bond donors (Lipinski definition) is 1. The summed E-state index contributed by atoms with van der Waals surface area (Å²) in [7, 11) is 1.69. The summed E-state index contributed by atoms with van der Waals surface area (Å²) < 4.78 is 11.8. The van der Waals surface area contributed by atoms with E-state index in [4.69, 9.17) is 15.2 Å². The lowest BCUT2D eigenvalue weighted by Gasteiger charge is -2.28. The Hall–Kier alpha value is -3.01. The highest BCUT2D eigenvalue weighted by Crippen LogP contribution is 2.37. The first-order chi connectivity index (χ1) is 13.7. The van der Waals surface area contributed by atoms with Crippen LogP contribution in [0.1, 0.15) is 41.9 Å². The summed E-state index contributed by atoms with van der Waals surface area (Å²) in [6.45, 7) is 0. The third-order valence-corrected chi connectivity index (χ3v) is 5.46. The van der Waals surface area contributed by atoms with E-state index in [1.165, 1.54) is 23.1 Å². The van der Waals surface area contributed by atoms with Crippen LogP contribution in [-0.2, 0) is 6.42 Å². The van der Waals surface area contributed by atoms with Crippen molar-refractivity contribution in [2.75, 3.05) is 12.8 Å². The van der Waals surface area contributed by atoms with Crippen molar-refractivity contribution < 1.29 is 9.47 Å². The van der Waals surface area contributed by atoms with E-state index in [0.717, 1.165) is 36.4 Å². The zero-order valence-electron chi connectivity index (χ0n) is 16.2. The molecule has 0 spiro atoms. The molecule has 0 saturated heterocycles. The van der Waals surface area contributed by atoms with Gasteiger partial charge in [0, 0.05) is 24.0 Å². The van der Waals surface area contributed by atoms with Crippen molar-refractivity contribution in [1.29, 1.82) is 0 Å². The lowest BCUT2D eigenvalue weighted by Crippen LogP contribution is -2.24. The molecule has 0 amide bonds. The first kappa shape index (κ1) is 18.4. The van der Waals surface area contributed by atoms with Gasteiger partial charge in [0.2, 0.25) is 0 Å². The second kappa shape index (κ2) is 8.34. The van der Waals surface area contributed by atoms with E-state index in [1.807, 2.05) is 30.6 Å². The summed E-state index contributed by atoms with van der Waals surface area (Å²) in [4.78, 5) is 4.14. The molecule has 0 unspecified atom stereocenters. The molecule has 2 aromatic carbocycles. The fourth-order valence-corrected chi connectivity index (χ4v) is 3.58. The molecule has 4 nitrogen and oxygen atoms in total. The second-order valence-corrected chi connectivity index (χ2v) is 7.36. The molecule has 0 bridgehead atoms. The van der Waals surface area contributed by atoms with E-state index < -0.39 is 0 Å². The number of hydrogen-bond acceptors (Lipinski definition) is 4. The van der Waals surface area contributed by atoms with Gasteiger partial charge >= 0.3 is 0 Å². The van der Waals surface area contributed by atoms with Crippen LogP contribution in [0.4, 0.5) is 5.69 Å². The lowest BCUT2D eigenvalue weighted by atomic mass is 9.86. The maximum absolute atomic E-state index is 6.21. The van der Waals surface area contributed by atoms with Crippen LogP contribution in [0, 0.1) is 0 Å². The predicted octanol–water partition coefficient (Wildman–Crippen LogP) is 4.98. The molecule has 144 valence electrons. The van der Waals surface area contributed by atoms with Crippen molar-refractivity contribution in [2.45, 2.75) is 37.7 Å². The molecule has 28 heavy (non-hydrogen) atoms. The van der Waals surface area contributed by atoms with E-state index in [1.54, 1.807) is 7.11 Å². The summed E-state index contributed by atoms with van der Waals surface area (Å²) in [5, 5.41) is 0. The Kier molecular flexibility index (Phi) is 5.47. The molecular weight excluding hydrogens is 348 g/mol. The van der Waals surface area contributed by atoms with Crippen LogP contribution in [-0.4, -0.2) is 18.2 Å². The Bertz CT molecular complexity index is 906. The molecule has 1 aromatic heterocycles. The monoisotopic (exact) mass is 374 g/mol. The Labute approximate surface area is 166 Å². The molecule has 1 saturated carbocycles. The topological polar surface area (TPSA) is 57.4 Å². The van der Waals surface area contributed by atoms with Gasteiger partial charge in [0.05, 0.1) is 13.2 Å². The molecule has 1 atom stereocenters. The van der Waals surface area contributed by atoms with Gasteiger partial charge in [0.25, 0.3) is 0 Å². The van der Waals surface area contributed by atoms with Crippen molar-refractivity contribution in [3.63, 3.8) is 0 Å². The zero-order valence-corrected chi connectivity index (χ0v) is 16.2. The maximum atomic E-state index is 6.21. The summed E-state index contributed by atoms with van der Waals surface area (Å²) >= 11 is 0. The average Bonchev–Trinajstić information content (AvgIpc) is 2.70. The van der Waals surface area contributed by atoms with Gasteiger partial charge in [-0.2, -0.15) is 0 Å². The van der Waals surface area contributed by atoms with Crippen LogP contribution < -0.4 is 15.2 Å². The number of rotatable bonds is 7. The Morgan fingerprint density at radius 2 is 1.68 bits per heavy atom. The Morgan fingerprint density at radius 3 is 2.32 bits per heavy atom. The van der Waals surface area contributed by atoms with E-state index in [2.05, 4.69) is 41.4 Å². The maximum Gasteiger partial charge on any atom is 0.161 e. The standard InChI is InChI=1S/C24H26N2O2/c1-27-23-10-7-19(16-24(23)28-21-3-2-4-21)22(15-17-11-13-26-14-12-17)18-5-8-20(25)9-6-18/h5-14,16,21-22H,2-4,15,25H2,1H3/t22-/m1/s1. The molecule has 2 N–H and O–H groups in total. The largest absolute Gasteiger partial charge is 0.493 e. The molecule has 1 fully saturated rings. The number of nitrogens with zero attached hydrogens (tertiary/aromatic N) is 1. The van der Waals surface area contributed by atoms with E-state index in [9.17, 15) is 0 Å². The summed E-state index contributed by atoms with van der Waals surface area (Å²) in [5.41, 5.74) is 10.4. The van der Waals surface area contributed by atoms with Crippen molar-refractivity contribution in [1.82, 2.24) is 4.98 Å². The minimum Gasteiger partial charge on any atom is -0.493 e. The number of methoxy groups -OCH3 is 1. The lowest BCUT2D eigenvalue weighted by molar-refractivity contribution is 0.116. The molecule has 4 heteroatoms. The Balaban J connectivity index is 1.70. The number of anilines is 1. The van der Waals surface area contributed by atoms with Crippen LogP contribution in [0.15, 0.2) is 67.0 Å². The fraction of sp³-hybridized carbons (Fsp3) is 0.292.